The molecule has 0 aliphatic carbocycles. The molecule has 0 saturated heterocycles. The fourth-order valence-corrected chi connectivity index (χ4v) is 1.49. The number of H-pyrrole nitrogens is 1. The number of halogens is 2. The summed E-state index contributed by atoms with van der Waals surface area (Å²) < 4.78 is 24.4. The van der Waals surface area contributed by atoms with Crippen LogP contribution in [-0.2, 0) is 0 Å². The number of nitrogen functional groups attached to an aromatic ring is 1. The summed E-state index contributed by atoms with van der Waals surface area (Å²) in [6, 6.07) is 5.20. The van der Waals surface area contributed by atoms with Gasteiger partial charge in [-0.05, 0) is 18.2 Å². The summed E-state index contributed by atoms with van der Waals surface area (Å²) >= 11 is 0. The molecule has 0 spiro atoms. The van der Waals surface area contributed by atoms with Crippen molar-refractivity contribution >= 4 is 22.7 Å². The molecule has 1 heterocycles. The lowest BCUT2D eigenvalue weighted by molar-refractivity contribution is 0.156. The van der Waals surface area contributed by atoms with Gasteiger partial charge in [0, 0.05) is 12.7 Å². The molecule has 0 aliphatic heterocycles. The molecular weight excluding hydrogens is 214 g/mol. The Hall–Kier alpha value is -1.85. The third-order valence-electron chi connectivity index (χ3n) is 2.27. The summed E-state index contributed by atoms with van der Waals surface area (Å²) in [7, 11) is 1.56. The summed E-state index contributed by atoms with van der Waals surface area (Å²) in [4.78, 5) is 8.51. The predicted molar refractivity (Wildman–Crippen MR) is 59.8 cm³/mol. The number of aromatic nitrogens is 2. The first-order chi connectivity index (χ1) is 7.56. The van der Waals surface area contributed by atoms with Crippen molar-refractivity contribution in [2.24, 2.45) is 0 Å². The van der Waals surface area contributed by atoms with Crippen molar-refractivity contribution in [2.45, 2.75) is 6.43 Å². The number of hydrogen-bond donors (Lipinski definition) is 2. The Labute approximate surface area is 91.1 Å². The molecule has 16 heavy (non-hydrogen) atoms. The summed E-state index contributed by atoms with van der Waals surface area (Å²) in [5.41, 5.74) is 7.68. The van der Waals surface area contributed by atoms with Gasteiger partial charge in [0.15, 0.2) is 0 Å². The predicted octanol–water partition coefficient (Wildman–Crippen LogP) is 1.85. The number of aromatic amines is 1. The molecule has 0 saturated carbocycles. The molecule has 4 nitrogen and oxygen atoms in total. The molecule has 2 aromatic rings. The molecule has 2 rings (SSSR count). The van der Waals surface area contributed by atoms with Gasteiger partial charge >= 0.3 is 0 Å². The van der Waals surface area contributed by atoms with E-state index in [2.05, 4.69) is 9.97 Å². The summed E-state index contributed by atoms with van der Waals surface area (Å²) in [6.07, 6.45) is -2.39. The Morgan fingerprint density at radius 1 is 1.50 bits per heavy atom. The Morgan fingerprint density at radius 3 is 2.94 bits per heavy atom. The fraction of sp³-hybridized carbons (Fsp3) is 0.300. The molecule has 3 N–H and O–H groups in total. The minimum atomic E-state index is -2.39. The number of rotatable bonds is 3. The number of alkyl halides is 2. The van der Waals surface area contributed by atoms with Crippen LogP contribution < -0.4 is 10.6 Å². The van der Waals surface area contributed by atoms with E-state index in [4.69, 9.17) is 5.73 Å². The van der Waals surface area contributed by atoms with Crippen LogP contribution in [0.25, 0.3) is 11.0 Å². The molecule has 0 aliphatic rings. The standard InChI is InChI=1S/C10H12F2N4/c1-16(5-9(11)12)10-14-7-3-2-6(13)4-8(7)15-10/h2-4,9H,5,13H2,1H3,(H,14,15). The molecule has 1 aromatic heterocycles. The highest BCUT2D eigenvalue weighted by molar-refractivity contribution is 5.80. The van der Waals surface area contributed by atoms with Crippen LogP contribution in [0.1, 0.15) is 0 Å². The normalized spacial score (nSPS) is 11.2. The van der Waals surface area contributed by atoms with Crippen molar-refractivity contribution in [2.75, 3.05) is 24.2 Å². The maximum Gasteiger partial charge on any atom is 0.255 e. The SMILES string of the molecule is CN(CC(F)F)c1nc2ccc(N)cc2[nH]1. The zero-order valence-electron chi connectivity index (χ0n) is 8.74. The number of nitrogens with zero attached hydrogens (tertiary/aromatic N) is 2. The van der Waals surface area contributed by atoms with Crippen LogP contribution >= 0.6 is 0 Å². The van der Waals surface area contributed by atoms with Gasteiger partial charge in [-0.1, -0.05) is 0 Å². The van der Waals surface area contributed by atoms with Gasteiger partial charge in [0.05, 0.1) is 17.6 Å². The van der Waals surface area contributed by atoms with E-state index in [1.807, 2.05) is 0 Å². The monoisotopic (exact) mass is 226 g/mol. The highest BCUT2D eigenvalue weighted by Gasteiger charge is 2.12. The van der Waals surface area contributed by atoms with Gasteiger partial charge in [0.2, 0.25) is 5.95 Å². The third kappa shape index (κ3) is 2.05. The van der Waals surface area contributed by atoms with E-state index in [1.165, 1.54) is 4.90 Å². The van der Waals surface area contributed by atoms with E-state index in [-0.39, 0.29) is 6.54 Å². The van der Waals surface area contributed by atoms with Crippen LogP contribution in [0.2, 0.25) is 0 Å². The molecule has 86 valence electrons. The smallest absolute Gasteiger partial charge is 0.255 e. The van der Waals surface area contributed by atoms with Gasteiger partial charge in [-0.3, -0.25) is 0 Å². The molecular formula is C10H12F2N4. The van der Waals surface area contributed by atoms with Crippen molar-refractivity contribution < 1.29 is 8.78 Å². The Bertz CT molecular complexity index is 495. The minimum Gasteiger partial charge on any atom is -0.399 e. The molecule has 6 heteroatoms. The maximum atomic E-state index is 12.2. The van der Waals surface area contributed by atoms with Gasteiger partial charge in [-0.15, -0.1) is 0 Å². The summed E-state index contributed by atoms with van der Waals surface area (Å²) in [5, 5.41) is 0. The first-order valence-electron chi connectivity index (χ1n) is 4.81. The summed E-state index contributed by atoms with van der Waals surface area (Å²) in [5.74, 6) is 0.418. The molecule has 0 fully saturated rings. The molecule has 0 bridgehead atoms. The lowest BCUT2D eigenvalue weighted by Gasteiger charge is -2.14. The van der Waals surface area contributed by atoms with Crippen molar-refractivity contribution in [1.29, 1.82) is 0 Å². The van der Waals surface area contributed by atoms with E-state index in [1.54, 1.807) is 25.2 Å². The number of nitrogens with two attached hydrogens (primary N) is 1. The average Bonchev–Trinajstić information content (AvgIpc) is 2.59. The highest BCUT2D eigenvalue weighted by atomic mass is 19.3. The third-order valence-corrected chi connectivity index (χ3v) is 2.27. The second-order valence-electron chi connectivity index (χ2n) is 3.61. The van der Waals surface area contributed by atoms with Crippen molar-refractivity contribution in [3.63, 3.8) is 0 Å². The van der Waals surface area contributed by atoms with E-state index < -0.39 is 6.43 Å². The van der Waals surface area contributed by atoms with Crippen LogP contribution in [0.3, 0.4) is 0 Å². The maximum absolute atomic E-state index is 12.2. The van der Waals surface area contributed by atoms with E-state index >= 15 is 0 Å². The van der Waals surface area contributed by atoms with Crippen molar-refractivity contribution in [3.8, 4) is 0 Å². The van der Waals surface area contributed by atoms with Crippen molar-refractivity contribution in [3.05, 3.63) is 18.2 Å². The van der Waals surface area contributed by atoms with Gasteiger partial charge in [0.1, 0.15) is 0 Å². The molecule has 0 atom stereocenters. The number of benzene rings is 1. The Kier molecular flexibility index (Phi) is 2.64. The topological polar surface area (TPSA) is 57.9 Å². The number of fused-ring (bicyclic) bond motifs is 1. The van der Waals surface area contributed by atoms with Crippen LogP contribution in [0.5, 0.6) is 0 Å². The Balaban J connectivity index is 2.32. The number of anilines is 2. The zero-order valence-corrected chi connectivity index (χ0v) is 8.74. The lowest BCUT2D eigenvalue weighted by Crippen LogP contribution is -2.24. The molecule has 0 radical (unpaired) electrons. The van der Waals surface area contributed by atoms with Gasteiger partial charge in [0.25, 0.3) is 6.43 Å². The van der Waals surface area contributed by atoms with Crippen LogP contribution in [-0.4, -0.2) is 30.0 Å². The Morgan fingerprint density at radius 2 is 2.25 bits per heavy atom. The second kappa shape index (κ2) is 3.96. The van der Waals surface area contributed by atoms with E-state index in [0.717, 1.165) is 5.52 Å². The first-order valence-corrected chi connectivity index (χ1v) is 4.81. The van der Waals surface area contributed by atoms with Crippen LogP contribution in [0.15, 0.2) is 18.2 Å². The van der Waals surface area contributed by atoms with Crippen molar-refractivity contribution in [1.82, 2.24) is 9.97 Å². The zero-order chi connectivity index (χ0) is 11.7. The number of imidazole rings is 1. The van der Waals surface area contributed by atoms with Crippen LogP contribution in [0, 0.1) is 0 Å². The molecule has 1 aromatic carbocycles. The quantitative estimate of drug-likeness (QED) is 0.785. The number of nitrogens with one attached hydrogen (secondary N) is 1. The lowest BCUT2D eigenvalue weighted by atomic mass is 10.3. The van der Waals surface area contributed by atoms with Crippen LogP contribution in [0.4, 0.5) is 20.4 Å². The highest BCUT2D eigenvalue weighted by Crippen LogP contribution is 2.19. The van der Waals surface area contributed by atoms with Gasteiger partial charge < -0.3 is 15.6 Å². The molecule has 0 unspecified atom stereocenters. The number of hydrogen-bond acceptors (Lipinski definition) is 3. The van der Waals surface area contributed by atoms with Gasteiger partial charge in [-0.2, -0.15) is 0 Å². The summed E-state index contributed by atoms with van der Waals surface area (Å²) in [6.45, 7) is -0.352. The fourth-order valence-electron chi connectivity index (χ4n) is 1.49. The van der Waals surface area contributed by atoms with E-state index in [9.17, 15) is 8.78 Å². The average molecular weight is 226 g/mol. The second-order valence-corrected chi connectivity index (χ2v) is 3.61. The first kappa shape index (κ1) is 10.7. The minimum absolute atomic E-state index is 0.352. The largest absolute Gasteiger partial charge is 0.399 e. The molecule has 0 amide bonds. The van der Waals surface area contributed by atoms with Gasteiger partial charge in [-0.25, -0.2) is 13.8 Å². The van der Waals surface area contributed by atoms with E-state index in [0.29, 0.717) is 17.2 Å².